The van der Waals surface area contributed by atoms with E-state index in [2.05, 4.69) is 5.16 Å². The van der Waals surface area contributed by atoms with Gasteiger partial charge in [-0.05, 0) is 19.8 Å². The SMILES string of the molecule is CC(O)c1cc(C2CC2)no1. The summed E-state index contributed by atoms with van der Waals surface area (Å²) in [5.74, 6) is 1.18. The van der Waals surface area contributed by atoms with E-state index in [1.165, 1.54) is 12.8 Å². The predicted octanol–water partition coefficient (Wildman–Crippen LogP) is 1.61. The molecule has 11 heavy (non-hydrogen) atoms. The third-order valence-corrected chi connectivity index (χ3v) is 1.95. The lowest BCUT2D eigenvalue weighted by molar-refractivity contribution is 0.157. The fourth-order valence-corrected chi connectivity index (χ4v) is 1.07. The van der Waals surface area contributed by atoms with E-state index in [9.17, 15) is 0 Å². The van der Waals surface area contributed by atoms with Crippen LogP contribution in [-0.2, 0) is 0 Å². The van der Waals surface area contributed by atoms with Gasteiger partial charge in [0.25, 0.3) is 0 Å². The Bertz CT molecular complexity index is 234. The Morgan fingerprint density at radius 3 is 2.91 bits per heavy atom. The highest BCUT2D eigenvalue weighted by Gasteiger charge is 2.27. The molecule has 1 unspecified atom stereocenters. The van der Waals surface area contributed by atoms with Crippen LogP contribution in [0.15, 0.2) is 10.6 Å². The topological polar surface area (TPSA) is 46.3 Å². The summed E-state index contributed by atoms with van der Waals surface area (Å²) >= 11 is 0. The Morgan fingerprint density at radius 2 is 2.45 bits per heavy atom. The summed E-state index contributed by atoms with van der Waals surface area (Å²) in [6.07, 6.45) is 1.90. The molecule has 3 heteroatoms. The van der Waals surface area contributed by atoms with Crippen LogP contribution >= 0.6 is 0 Å². The molecule has 3 nitrogen and oxygen atoms in total. The molecule has 1 fully saturated rings. The van der Waals surface area contributed by atoms with E-state index in [1.807, 2.05) is 6.07 Å². The molecule has 0 aliphatic heterocycles. The van der Waals surface area contributed by atoms with Gasteiger partial charge < -0.3 is 9.63 Å². The Hall–Kier alpha value is -0.830. The number of hydrogen-bond donors (Lipinski definition) is 1. The summed E-state index contributed by atoms with van der Waals surface area (Å²) in [5.41, 5.74) is 1.00. The second kappa shape index (κ2) is 2.34. The molecular weight excluding hydrogens is 142 g/mol. The number of aliphatic hydroxyl groups is 1. The number of aliphatic hydroxyl groups excluding tert-OH is 1. The molecule has 0 aromatic carbocycles. The molecule has 0 spiro atoms. The molecule has 1 saturated carbocycles. The summed E-state index contributed by atoms with van der Waals surface area (Å²) < 4.78 is 4.93. The van der Waals surface area contributed by atoms with Crippen LogP contribution in [0.25, 0.3) is 0 Å². The zero-order valence-corrected chi connectivity index (χ0v) is 6.45. The molecule has 1 atom stereocenters. The first-order valence-corrected chi connectivity index (χ1v) is 3.92. The first-order valence-electron chi connectivity index (χ1n) is 3.92. The second-order valence-corrected chi connectivity index (χ2v) is 3.10. The van der Waals surface area contributed by atoms with Crippen molar-refractivity contribution in [2.45, 2.75) is 31.8 Å². The van der Waals surface area contributed by atoms with Gasteiger partial charge in [0.1, 0.15) is 6.10 Å². The molecule has 1 aromatic rings. The van der Waals surface area contributed by atoms with E-state index in [-0.39, 0.29) is 0 Å². The highest BCUT2D eigenvalue weighted by Crippen LogP contribution is 2.39. The van der Waals surface area contributed by atoms with Crippen LogP contribution in [0.2, 0.25) is 0 Å². The maximum Gasteiger partial charge on any atom is 0.165 e. The standard InChI is InChI=1S/C8H11NO2/c1-5(10)8-4-7(9-11-8)6-2-3-6/h4-6,10H,2-3H2,1H3. The van der Waals surface area contributed by atoms with Crippen molar-refractivity contribution in [2.24, 2.45) is 0 Å². The molecule has 1 heterocycles. The van der Waals surface area contributed by atoms with Gasteiger partial charge in [0.15, 0.2) is 5.76 Å². The first-order chi connectivity index (χ1) is 5.27. The summed E-state index contributed by atoms with van der Waals surface area (Å²) in [6.45, 7) is 1.68. The highest BCUT2D eigenvalue weighted by atomic mass is 16.5. The van der Waals surface area contributed by atoms with Crippen molar-refractivity contribution < 1.29 is 9.63 Å². The first kappa shape index (κ1) is 6.85. The van der Waals surface area contributed by atoms with Gasteiger partial charge in [-0.3, -0.25) is 0 Å². The molecule has 0 saturated heterocycles. The van der Waals surface area contributed by atoms with Gasteiger partial charge in [-0.2, -0.15) is 0 Å². The van der Waals surface area contributed by atoms with E-state index in [0.717, 1.165) is 5.69 Å². The quantitative estimate of drug-likeness (QED) is 0.702. The average Bonchev–Trinajstić information content (AvgIpc) is 2.68. The smallest absolute Gasteiger partial charge is 0.165 e. The van der Waals surface area contributed by atoms with Gasteiger partial charge in [-0.25, -0.2) is 0 Å². The van der Waals surface area contributed by atoms with Gasteiger partial charge in [0.2, 0.25) is 0 Å². The van der Waals surface area contributed by atoms with E-state index in [4.69, 9.17) is 9.63 Å². The lowest BCUT2D eigenvalue weighted by atomic mass is 10.2. The van der Waals surface area contributed by atoms with E-state index < -0.39 is 6.10 Å². The van der Waals surface area contributed by atoms with Crippen LogP contribution in [-0.4, -0.2) is 10.3 Å². The Kier molecular flexibility index (Phi) is 1.46. The third kappa shape index (κ3) is 1.28. The van der Waals surface area contributed by atoms with Crippen molar-refractivity contribution in [2.75, 3.05) is 0 Å². The van der Waals surface area contributed by atoms with Gasteiger partial charge in [-0.1, -0.05) is 5.16 Å². The van der Waals surface area contributed by atoms with Crippen LogP contribution in [0, 0.1) is 0 Å². The molecular formula is C8H11NO2. The largest absolute Gasteiger partial charge is 0.385 e. The summed E-state index contributed by atoms with van der Waals surface area (Å²) in [5, 5.41) is 13.0. The van der Waals surface area contributed by atoms with Crippen LogP contribution in [0.1, 0.15) is 43.2 Å². The third-order valence-electron chi connectivity index (χ3n) is 1.95. The molecule has 1 N–H and O–H groups in total. The van der Waals surface area contributed by atoms with Gasteiger partial charge in [0, 0.05) is 12.0 Å². The van der Waals surface area contributed by atoms with Crippen molar-refractivity contribution in [1.82, 2.24) is 5.16 Å². The highest BCUT2D eigenvalue weighted by molar-refractivity contribution is 5.16. The van der Waals surface area contributed by atoms with Crippen LogP contribution < -0.4 is 0 Å². The number of hydrogen-bond acceptors (Lipinski definition) is 3. The minimum absolute atomic E-state index is 0.532. The predicted molar refractivity (Wildman–Crippen MR) is 39.1 cm³/mol. The second-order valence-electron chi connectivity index (χ2n) is 3.10. The monoisotopic (exact) mass is 153 g/mol. The molecule has 0 bridgehead atoms. The molecule has 0 amide bonds. The minimum atomic E-state index is -0.532. The number of aromatic nitrogens is 1. The minimum Gasteiger partial charge on any atom is -0.385 e. The Labute approximate surface area is 65.0 Å². The Balaban J connectivity index is 2.18. The fourth-order valence-electron chi connectivity index (χ4n) is 1.07. The Morgan fingerprint density at radius 1 is 1.73 bits per heavy atom. The van der Waals surface area contributed by atoms with E-state index in [1.54, 1.807) is 6.92 Å². The van der Waals surface area contributed by atoms with Gasteiger partial charge in [-0.15, -0.1) is 0 Å². The van der Waals surface area contributed by atoms with Crippen molar-refractivity contribution in [3.8, 4) is 0 Å². The van der Waals surface area contributed by atoms with Gasteiger partial charge >= 0.3 is 0 Å². The van der Waals surface area contributed by atoms with Gasteiger partial charge in [0.05, 0.1) is 5.69 Å². The van der Waals surface area contributed by atoms with Crippen LogP contribution in [0.4, 0.5) is 0 Å². The maximum absolute atomic E-state index is 9.11. The summed E-state index contributed by atoms with van der Waals surface area (Å²) in [7, 11) is 0. The van der Waals surface area contributed by atoms with Crippen molar-refractivity contribution in [1.29, 1.82) is 0 Å². The maximum atomic E-state index is 9.11. The van der Waals surface area contributed by atoms with Crippen molar-refractivity contribution >= 4 is 0 Å². The number of nitrogens with zero attached hydrogens (tertiary/aromatic N) is 1. The van der Waals surface area contributed by atoms with Crippen molar-refractivity contribution in [3.63, 3.8) is 0 Å². The molecule has 2 rings (SSSR count). The van der Waals surface area contributed by atoms with E-state index >= 15 is 0 Å². The molecule has 0 radical (unpaired) electrons. The fraction of sp³-hybridized carbons (Fsp3) is 0.625. The van der Waals surface area contributed by atoms with Crippen LogP contribution in [0.3, 0.4) is 0 Å². The van der Waals surface area contributed by atoms with Crippen LogP contribution in [0.5, 0.6) is 0 Å². The number of rotatable bonds is 2. The lowest BCUT2D eigenvalue weighted by Crippen LogP contribution is -1.85. The summed E-state index contributed by atoms with van der Waals surface area (Å²) in [6, 6.07) is 1.85. The molecule has 60 valence electrons. The van der Waals surface area contributed by atoms with E-state index in [0.29, 0.717) is 11.7 Å². The lowest BCUT2D eigenvalue weighted by Gasteiger charge is -1.92. The molecule has 1 aromatic heterocycles. The average molecular weight is 153 g/mol. The van der Waals surface area contributed by atoms with Crippen molar-refractivity contribution in [3.05, 3.63) is 17.5 Å². The normalized spacial score (nSPS) is 20.2. The zero-order valence-electron chi connectivity index (χ0n) is 6.45. The zero-order chi connectivity index (χ0) is 7.84. The molecule has 1 aliphatic carbocycles. The summed E-state index contributed by atoms with van der Waals surface area (Å²) in [4.78, 5) is 0. The molecule has 1 aliphatic rings.